The molecular weight excluding hydrogens is 436 g/mol. The standard InChI is InChI=1S/C26H28N2O6/c29-15-26-11-9-16(10-12-26)28(26)24(32)22(13-23(30)31)27-25(33)34-14-21-19-7-3-1-5-17(19)18-6-2-4-8-20(18)21/h1-8,16,21-22,29H,9-15H2,(H,27,33)(H,30,31). The number of fused-ring (bicyclic) bond motifs is 5. The highest BCUT2D eigenvalue weighted by Crippen LogP contribution is 2.47. The maximum atomic E-state index is 13.3. The van der Waals surface area contributed by atoms with Crippen molar-refractivity contribution >= 4 is 18.0 Å². The Morgan fingerprint density at radius 1 is 1.03 bits per heavy atom. The Labute approximate surface area is 197 Å². The molecule has 1 aliphatic carbocycles. The highest BCUT2D eigenvalue weighted by atomic mass is 16.5. The Morgan fingerprint density at radius 3 is 2.18 bits per heavy atom. The lowest BCUT2D eigenvalue weighted by atomic mass is 9.88. The van der Waals surface area contributed by atoms with E-state index in [1.54, 1.807) is 4.90 Å². The van der Waals surface area contributed by atoms with Crippen LogP contribution in [0.25, 0.3) is 11.1 Å². The van der Waals surface area contributed by atoms with Crippen molar-refractivity contribution in [2.75, 3.05) is 13.2 Å². The first-order valence-electron chi connectivity index (χ1n) is 11.7. The molecular formula is C26H28N2O6. The molecule has 0 aromatic heterocycles. The summed E-state index contributed by atoms with van der Waals surface area (Å²) in [5.74, 6) is -1.80. The van der Waals surface area contributed by atoms with Gasteiger partial charge in [0.1, 0.15) is 12.6 Å². The summed E-state index contributed by atoms with van der Waals surface area (Å²) in [5.41, 5.74) is 3.68. The van der Waals surface area contributed by atoms with Gasteiger partial charge in [-0.05, 0) is 47.9 Å². The van der Waals surface area contributed by atoms with Crippen LogP contribution in [-0.2, 0) is 14.3 Å². The Kier molecular flexibility index (Phi) is 5.77. The molecule has 3 aliphatic rings. The molecule has 2 aromatic carbocycles. The number of nitrogens with zero attached hydrogens (tertiary/aromatic N) is 1. The monoisotopic (exact) mass is 464 g/mol. The van der Waals surface area contributed by atoms with Crippen molar-refractivity contribution in [3.63, 3.8) is 0 Å². The van der Waals surface area contributed by atoms with E-state index in [0.29, 0.717) is 12.8 Å². The number of carbonyl (C=O) groups excluding carboxylic acids is 2. The van der Waals surface area contributed by atoms with Crippen molar-refractivity contribution in [1.29, 1.82) is 0 Å². The van der Waals surface area contributed by atoms with Gasteiger partial charge >= 0.3 is 12.1 Å². The van der Waals surface area contributed by atoms with E-state index in [9.17, 15) is 24.6 Å². The highest BCUT2D eigenvalue weighted by molar-refractivity contribution is 5.90. The number of hydrogen-bond acceptors (Lipinski definition) is 5. The number of ether oxygens (including phenoxy) is 1. The van der Waals surface area contributed by atoms with Gasteiger partial charge in [0.15, 0.2) is 0 Å². The van der Waals surface area contributed by atoms with Gasteiger partial charge < -0.3 is 25.2 Å². The zero-order chi connectivity index (χ0) is 23.9. The van der Waals surface area contributed by atoms with Gasteiger partial charge in [0.05, 0.1) is 18.6 Å². The van der Waals surface area contributed by atoms with Gasteiger partial charge in [0.2, 0.25) is 5.91 Å². The first-order chi connectivity index (χ1) is 16.4. The summed E-state index contributed by atoms with van der Waals surface area (Å²) in [7, 11) is 0. The topological polar surface area (TPSA) is 116 Å². The second kappa shape index (κ2) is 8.76. The molecule has 0 spiro atoms. The minimum Gasteiger partial charge on any atom is -0.481 e. The summed E-state index contributed by atoms with van der Waals surface area (Å²) in [5, 5.41) is 21.8. The van der Waals surface area contributed by atoms with Crippen LogP contribution in [0.4, 0.5) is 4.79 Å². The molecule has 2 aliphatic heterocycles. The number of aliphatic carboxylic acids is 1. The summed E-state index contributed by atoms with van der Waals surface area (Å²) < 4.78 is 5.52. The van der Waals surface area contributed by atoms with E-state index in [-0.39, 0.29) is 25.2 Å². The molecule has 2 bridgehead atoms. The fourth-order valence-corrected chi connectivity index (χ4v) is 6.00. The van der Waals surface area contributed by atoms with E-state index >= 15 is 0 Å². The Hall–Kier alpha value is -3.39. The maximum absolute atomic E-state index is 13.3. The Morgan fingerprint density at radius 2 is 1.62 bits per heavy atom. The maximum Gasteiger partial charge on any atom is 0.407 e. The smallest absolute Gasteiger partial charge is 0.407 e. The van der Waals surface area contributed by atoms with Crippen LogP contribution in [0.1, 0.15) is 49.1 Å². The third-order valence-electron chi connectivity index (χ3n) is 7.61. The number of carboxylic acids is 1. The molecule has 0 saturated carbocycles. The summed E-state index contributed by atoms with van der Waals surface area (Å²) in [6.45, 7) is -0.0965. The van der Waals surface area contributed by atoms with Gasteiger partial charge in [-0.1, -0.05) is 48.5 Å². The highest BCUT2D eigenvalue weighted by Gasteiger charge is 2.54. The van der Waals surface area contributed by atoms with Crippen molar-refractivity contribution in [3.05, 3.63) is 59.7 Å². The number of alkyl carbamates (subject to hydrolysis) is 1. The minimum atomic E-state index is -1.25. The summed E-state index contributed by atoms with van der Waals surface area (Å²) >= 11 is 0. The molecule has 3 N–H and O–H groups in total. The zero-order valence-corrected chi connectivity index (χ0v) is 18.8. The predicted octanol–water partition coefficient (Wildman–Crippen LogP) is 2.88. The van der Waals surface area contributed by atoms with Crippen molar-refractivity contribution < 1.29 is 29.3 Å². The molecule has 2 aromatic rings. The lowest BCUT2D eigenvalue weighted by Crippen LogP contribution is -2.56. The van der Waals surface area contributed by atoms with Crippen LogP contribution in [0.3, 0.4) is 0 Å². The lowest BCUT2D eigenvalue weighted by molar-refractivity contribution is -0.145. The molecule has 1 atom stereocenters. The first-order valence-corrected chi connectivity index (χ1v) is 11.7. The van der Waals surface area contributed by atoms with E-state index in [2.05, 4.69) is 5.32 Å². The fraction of sp³-hybridized carbons (Fsp3) is 0.423. The van der Waals surface area contributed by atoms with Gasteiger partial charge in [-0.3, -0.25) is 9.59 Å². The molecule has 2 heterocycles. The second-order valence-corrected chi connectivity index (χ2v) is 9.44. The van der Waals surface area contributed by atoms with Crippen molar-refractivity contribution in [2.24, 2.45) is 0 Å². The van der Waals surface area contributed by atoms with Gasteiger partial charge in [0.25, 0.3) is 0 Å². The average Bonchev–Trinajstić information content (AvgIpc) is 3.50. The molecule has 5 rings (SSSR count). The molecule has 34 heavy (non-hydrogen) atoms. The third-order valence-corrected chi connectivity index (χ3v) is 7.61. The molecule has 2 amide bonds. The molecule has 178 valence electrons. The van der Waals surface area contributed by atoms with E-state index in [4.69, 9.17) is 4.74 Å². The minimum absolute atomic E-state index is 0.0275. The SMILES string of the molecule is O=C(O)CC(NC(=O)OCC1c2ccccc2-c2ccccc21)C(=O)N1C2CCC1(CO)CC2. The predicted molar refractivity (Wildman–Crippen MR) is 123 cm³/mol. The summed E-state index contributed by atoms with van der Waals surface area (Å²) in [6.07, 6.45) is 1.54. The number of rotatable bonds is 7. The first kappa shape index (κ1) is 22.4. The number of aliphatic hydroxyl groups excluding tert-OH is 1. The van der Waals surface area contributed by atoms with Crippen LogP contribution in [0.2, 0.25) is 0 Å². The van der Waals surface area contributed by atoms with Crippen LogP contribution in [-0.4, -0.2) is 63.9 Å². The number of benzene rings is 2. The van der Waals surface area contributed by atoms with Crippen molar-refractivity contribution in [1.82, 2.24) is 10.2 Å². The number of aliphatic hydroxyl groups is 1. The normalized spacial score (nSPS) is 23.3. The zero-order valence-electron chi connectivity index (χ0n) is 18.8. The summed E-state index contributed by atoms with van der Waals surface area (Å²) in [4.78, 5) is 39.1. The van der Waals surface area contributed by atoms with Crippen LogP contribution < -0.4 is 5.32 Å². The van der Waals surface area contributed by atoms with Gasteiger partial charge in [-0.2, -0.15) is 0 Å². The Bertz CT molecular complexity index is 1080. The van der Waals surface area contributed by atoms with Crippen molar-refractivity contribution in [2.45, 2.75) is 55.6 Å². The van der Waals surface area contributed by atoms with Crippen LogP contribution in [0.5, 0.6) is 0 Å². The van der Waals surface area contributed by atoms with Crippen molar-refractivity contribution in [3.8, 4) is 11.1 Å². The molecule has 8 nitrogen and oxygen atoms in total. The largest absolute Gasteiger partial charge is 0.481 e. The van der Waals surface area contributed by atoms with E-state index < -0.39 is 36.0 Å². The molecule has 8 heteroatoms. The lowest BCUT2D eigenvalue weighted by Gasteiger charge is -2.35. The van der Waals surface area contributed by atoms with Crippen LogP contribution >= 0.6 is 0 Å². The fourth-order valence-electron chi connectivity index (χ4n) is 6.00. The van der Waals surface area contributed by atoms with E-state index in [1.165, 1.54) is 0 Å². The summed E-state index contributed by atoms with van der Waals surface area (Å²) in [6, 6.07) is 14.6. The molecule has 2 fully saturated rings. The number of hydrogen-bond donors (Lipinski definition) is 3. The van der Waals surface area contributed by atoms with Gasteiger partial charge in [-0.25, -0.2) is 4.79 Å². The molecule has 0 radical (unpaired) electrons. The Balaban J connectivity index is 1.29. The van der Waals surface area contributed by atoms with E-state index in [0.717, 1.165) is 35.1 Å². The number of nitrogens with one attached hydrogen (secondary N) is 1. The number of carbonyl (C=O) groups is 3. The van der Waals surface area contributed by atoms with E-state index in [1.807, 2.05) is 48.5 Å². The average molecular weight is 465 g/mol. The number of amides is 2. The molecule has 1 unspecified atom stereocenters. The third kappa shape index (κ3) is 3.72. The molecule has 2 saturated heterocycles. The second-order valence-electron chi connectivity index (χ2n) is 9.44. The van der Waals surface area contributed by atoms with Gasteiger partial charge in [0, 0.05) is 12.0 Å². The quantitative estimate of drug-likeness (QED) is 0.580. The number of carboxylic acid groups (broad SMARTS) is 1. The van der Waals surface area contributed by atoms with Crippen LogP contribution in [0.15, 0.2) is 48.5 Å². The van der Waals surface area contributed by atoms with Crippen LogP contribution in [0, 0.1) is 0 Å². The van der Waals surface area contributed by atoms with Gasteiger partial charge in [-0.15, -0.1) is 0 Å².